The predicted octanol–water partition coefficient (Wildman–Crippen LogP) is 3.44. The van der Waals surface area contributed by atoms with Gasteiger partial charge in [0.05, 0.1) is 10.9 Å². The van der Waals surface area contributed by atoms with Gasteiger partial charge in [0.1, 0.15) is 11.4 Å². The van der Waals surface area contributed by atoms with Crippen molar-refractivity contribution in [2.75, 3.05) is 33.2 Å². The Hall–Kier alpha value is -2.42. The minimum absolute atomic E-state index is 0.156. The van der Waals surface area contributed by atoms with Gasteiger partial charge >= 0.3 is 0 Å². The van der Waals surface area contributed by atoms with E-state index in [1.54, 1.807) is 18.2 Å². The number of fused-ring (bicyclic) bond motifs is 1. The number of carbonyl (C=O) groups excluding carboxylic acids is 1. The zero-order chi connectivity index (χ0) is 23.6. The van der Waals surface area contributed by atoms with Crippen LogP contribution < -0.4 is 10.1 Å². The van der Waals surface area contributed by atoms with Gasteiger partial charge in [-0.05, 0) is 44.2 Å². The molecule has 33 heavy (non-hydrogen) atoms. The summed E-state index contributed by atoms with van der Waals surface area (Å²) in [5, 5.41) is 3.14. The summed E-state index contributed by atoms with van der Waals surface area (Å²) in [4.78, 5) is 15.5. The third kappa shape index (κ3) is 4.78. The Balaban J connectivity index is 1.57. The van der Waals surface area contributed by atoms with E-state index in [9.17, 15) is 13.2 Å². The number of carbonyl (C=O) groups is 1. The Morgan fingerprint density at radius 1 is 1.06 bits per heavy atom. The highest BCUT2D eigenvalue weighted by molar-refractivity contribution is 7.89. The molecular weight excluding hydrogens is 438 g/mol. The molecule has 0 spiro atoms. The molecule has 8 heteroatoms. The van der Waals surface area contributed by atoms with Crippen molar-refractivity contribution in [1.29, 1.82) is 0 Å². The minimum Gasteiger partial charge on any atom is -0.487 e. The normalized spacial score (nSPS) is 21.1. The summed E-state index contributed by atoms with van der Waals surface area (Å²) in [5.74, 6) is 0.511. The van der Waals surface area contributed by atoms with Crippen LogP contribution in [0.2, 0.25) is 0 Å². The number of hydrogen-bond acceptors (Lipinski definition) is 5. The Morgan fingerprint density at radius 2 is 1.76 bits per heavy atom. The first-order chi connectivity index (χ1) is 15.8. The molecule has 2 aromatic rings. The summed E-state index contributed by atoms with van der Waals surface area (Å²) in [7, 11) is -1.66. The van der Waals surface area contributed by atoms with Crippen molar-refractivity contribution in [2.24, 2.45) is 0 Å². The molecule has 0 bridgehead atoms. The number of nitrogens with zero attached hydrogens (tertiary/aromatic N) is 2. The van der Waals surface area contributed by atoms with Crippen molar-refractivity contribution in [2.45, 2.75) is 49.6 Å². The van der Waals surface area contributed by atoms with E-state index in [1.165, 1.54) is 10.4 Å². The molecule has 2 aliphatic rings. The van der Waals surface area contributed by atoms with Gasteiger partial charge in [0.25, 0.3) is 5.91 Å². The van der Waals surface area contributed by atoms with Crippen LogP contribution in [0.1, 0.15) is 55.1 Å². The van der Waals surface area contributed by atoms with Crippen LogP contribution in [0.25, 0.3) is 0 Å². The maximum Gasteiger partial charge on any atom is 0.251 e. The molecular formula is C25H33N3O4S. The lowest BCUT2D eigenvalue weighted by Gasteiger charge is -2.41. The largest absolute Gasteiger partial charge is 0.487 e. The Bertz CT molecular complexity index is 1110. The van der Waals surface area contributed by atoms with Crippen LogP contribution in [0.15, 0.2) is 53.4 Å². The zero-order valence-corrected chi connectivity index (χ0v) is 20.4. The first-order valence-electron chi connectivity index (χ1n) is 11.7. The highest BCUT2D eigenvalue weighted by atomic mass is 32.2. The average molecular weight is 472 g/mol. The van der Waals surface area contributed by atoms with Crippen LogP contribution in [-0.4, -0.2) is 62.4 Å². The van der Waals surface area contributed by atoms with Crippen molar-refractivity contribution in [3.05, 3.63) is 59.7 Å². The molecule has 1 saturated heterocycles. The lowest BCUT2D eigenvalue weighted by molar-refractivity contribution is 0.0227. The van der Waals surface area contributed by atoms with Gasteiger partial charge in [-0.15, -0.1) is 0 Å². The van der Waals surface area contributed by atoms with E-state index in [0.29, 0.717) is 38.2 Å². The molecule has 2 heterocycles. The van der Waals surface area contributed by atoms with Gasteiger partial charge in [0, 0.05) is 43.7 Å². The van der Waals surface area contributed by atoms with Crippen LogP contribution in [-0.2, 0) is 10.0 Å². The van der Waals surface area contributed by atoms with E-state index < -0.39 is 10.0 Å². The standard InChI is InChI=1S/C25H33N3O4S/c1-4-25(5-2)18-22(21-11-6-7-12-23(21)32-25)26-24(29)19-9-8-10-20(17-19)33(30,31)28-15-13-27(3)14-16-28/h6-12,17,22H,4-5,13-16,18H2,1-3H3,(H,26,29)/t22-/m1/s1. The maximum atomic E-state index is 13.2. The number of piperazine rings is 1. The van der Waals surface area contributed by atoms with Gasteiger partial charge in [-0.2, -0.15) is 4.31 Å². The molecule has 0 unspecified atom stereocenters. The number of nitrogens with one attached hydrogen (secondary N) is 1. The minimum atomic E-state index is -3.64. The number of sulfonamides is 1. The van der Waals surface area contributed by atoms with Crippen LogP contribution in [0.3, 0.4) is 0 Å². The number of hydrogen-bond donors (Lipinski definition) is 1. The Kier molecular flexibility index (Phi) is 6.79. The first kappa shape index (κ1) is 23.7. The second-order valence-corrected chi connectivity index (χ2v) is 10.9. The van der Waals surface area contributed by atoms with Crippen molar-refractivity contribution in [3.63, 3.8) is 0 Å². The van der Waals surface area contributed by atoms with Gasteiger partial charge in [-0.25, -0.2) is 8.42 Å². The van der Waals surface area contributed by atoms with Crippen LogP contribution in [0, 0.1) is 0 Å². The van der Waals surface area contributed by atoms with Gasteiger partial charge in [-0.1, -0.05) is 38.1 Å². The molecule has 2 aliphatic heterocycles. The van der Waals surface area contributed by atoms with E-state index in [0.717, 1.165) is 24.2 Å². The van der Waals surface area contributed by atoms with E-state index in [2.05, 4.69) is 24.1 Å². The first-order valence-corrected chi connectivity index (χ1v) is 13.1. The summed E-state index contributed by atoms with van der Waals surface area (Å²) < 4.78 is 34.1. The number of likely N-dealkylation sites (N-methyl/N-ethyl adjacent to an activating group) is 1. The summed E-state index contributed by atoms with van der Waals surface area (Å²) in [6.45, 7) is 6.48. The van der Waals surface area contributed by atoms with Crippen molar-refractivity contribution in [3.8, 4) is 5.75 Å². The van der Waals surface area contributed by atoms with Gasteiger partial charge in [0.15, 0.2) is 0 Å². The fraction of sp³-hybridized carbons (Fsp3) is 0.480. The number of ether oxygens (including phenoxy) is 1. The average Bonchev–Trinajstić information content (AvgIpc) is 2.84. The summed E-state index contributed by atoms with van der Waals surface area (Å²) in [6.07, 6.45) is 2.34. The smallest absolute Gasteiger partial charge is 0.251 e. The van der Waals surface area contributed by atoms with Crippen LogP contribution in [0.4, 0.5) is 0 Å². The second kappa shape index (κ2) is 9.44. The molecule has 2 aromatic carbocycles. The Morgan fingerprint density at radius 3 is 2.45 bits per heavy atom. The fourth-order valence-corrected chi connectivity index (χ4v) is 6.12. The van der Waals surface area contributed by atoms with E-state index >= 15 is 0 Å². The number of para-hydroxylation sites is 1. The molecule has 1 fully saturated rings. The van der Waals surface area contributed by atoms with Crippen molar-refractivity contribution in [1.82, 2.24) is 14.5 Å². The summed E-state index contributed by atoms with van der Waals surface area (Å²) in [6, 6.07) is 13.9. The molecule has 0 saturated carbocycles. The molecule has 1 atom stereocenters. The molecule has 1 amide bonds. The topological polar surface area (TPSA) is 79.0 Å². The zero-order valence-electron chi connectivity index (χ0n) is 19.6. The highest BCUT2D eigenvalue weighted by Crippen LogP contribution is 2.42. The summed E-state index contributed by atoms with van der Waals surface area (Å²) in [5.41, 5.74) is 0.955. The number of amides is 1. The van der Waals surface area contributed by atoms with Crippen LogP contribution >= 0.6 is 0 Å². The SMILES string of the molecule is CCC1(CC)C[C@@H](NC(=O)c2cccc(S(=O)(=O)N3CCN(C)CC3)c2)c2ccccc2O1. The van der Waals surface area contributed by atoms with Crippen molar-refractivity contribution >= 4 is 15.9 Å². The molecule has 0 aliphatic carbocycles. The lowest BCUT2D eigenvalue weighted by atomic mass is 9.83. The summed E-state index contributed by atoms with van der Waals surface area (Å²) >= 11 is 0. The molecule has 178 valence electrons. The molecule has 7 nitrogen and oxygen atoms in total. The molecule has 0 radical (unpaired) electrons. The van der Waals surface area contributed by atoms with E-state index in [-0.39, 0.29) is 22.4 Å². The third-order valence-electron chi connectivity index (χ3n) is 6.99. The van der Waals surface area contributed by atoms with E-state index in [4.69, 9.17) is 4.74 Å². The number of benzene rings is 2. The molecule has 0 aromatic heterocycles. The maximum absolute atomic E-state index is 13.2. The second-order valence-electron chi connectivity index (χ2n) is 9.00. The fourth-order valence-electron chi connectivity index (χ4n) is 4.65. The lowest BCUT2D eigenvalue weighted by Crippen LogP contribution is -2.47. The van der Waals surface area contributed by atoms with Gasteiger partial charge in [-0.3, -0.25) is 4.79 Å². The highest BCUT2D eigenvalue weighted by Gasteiger charge is 2.39. The van der Waals surface area contributed by atoms with Gasteiger partial charge in [0.2, 0.25) is 10.0 Å². The molecule has 1 N–H and O–H groups in total. The van der Waals surface area contributed by atoms with Crippen molar-refractivity contribution < 1.29 is 17.9 Å². The predicted molar refractivity (Wildman–Crippen MR) is 128 cm³/mol. The van der Waals surface area contributed by atoms with E-state index in [1.807, 2.05) is 31.3 Å². The monoisotopic (exact) mass is 471 g/mol. The number of rotatable bonds is 6. The quantitative estimate of drug-likeness (QED) is 0.698. The third-order valence-corrected chi connectivity index (χ3v) is 8.88. The van der Waals surface area contributed by atoms with Crippen LogP contribution in [0.5, 0.6) is 5.75 Å². The Labute approximate surface area is 196 Å². The molecule has 4 rings (SSSR count). The van der Waals surface area contributed by atoms with Gasteiger partial charge < -0.3 is 15.0 Å².